The molecule has 0 amide bonds. The predicted octanol–water partition coefficient (Wildman–Crippen LogP) is 3.26. The van der Waals surface area contributed by atoms with Crippen LogP contribution in [0.3, 0.4) is 0 Å². The van der Waals surface area contributed by atoms with E-state index in [1.807, 2.05) is 0 Å². The van der Waals surface area contributed by atoms with Crippen LogP contribution in [0.15, 0.2) is 31.8 Å². The van der Waals surface area contributed by atoms with Gasteiger partial charge in [0.2, 0.25) is 5.13 Å². The first-order valence-corrected chi connectivity index (χ1v) is 10.9. The summed E-state index contributed by atoms with van der Waals surface area (Å²) in [6, 6.07) is 5.87. The average Bonchev–Trinajstić information content (AvgIpc) is 3.34. The van der Waals surface area contributed by atoms with Crippen molar-refractivity contribution in [3.8, 4) is 0 Å². The molecular formula is C19H19N3O3S2. The van der Waals surface area contributed by atoms with E-state index in [2.05, 4.69) is 27.2 Å². The van der Waals surface area contributed by atoms with Crippen molar-refractivity contribution in [1.29, 1.82) is 0 Å². The number of aromatic nitrogens is 2. The topological polar surface area (TPSA) is 68.5 Å². The maximum atomic E-state index is 12.0. The van der Waals surface area contributed by atoms with Gasteiger partial charge in [0.1, 0.15) is 5.58 Å². The van der Waals surface area contributed by atoms with Crippen LogP contribution in [0.2, 0.25) is 0 Å². The summed E-state index contributed by atoms with van der Waals surface area (Å²) in [5.74, 6) is 0.679. The minimum atomic E-state index is -0.290. The number of ether oxygens (including phenoxy) is 1. The van der Waals surface area contributed by atoms with Crippen LogP contribution in [-0.2, 0) is 23.3 Å². The summed E-state index contributed by atoms with van der Waals surface area (Å²) in [5, 5.41) is 10.6. The number of hydrogen-bond acceptors (Lipinski definition) is 8. The largest absolute Gasteiger partial charge is 0.423 e. The molecule has 2 aromatic heterocycles. The number of aryl methyl sites for hydroxylation is 2. The zero-order valence-corrected chi connectivity index (χ0v) is 16.4. The molecule has 3 heterocycles. The van der Waals surface area contributed by atoms with Gasteiger partial charge in [-0.05, 0) is 48.1 Å². The van der Waals surface area contributed by atoms with E-state index in [9.17, 15) is 4.79 Å². The third-order valence-electron chi connectivity index (χ3n) is 5.07. The second kappa shape index (κ2) is 7.26. The monoisotopic (exact) mass is 401 g/mol. The molecule has 2 aliphatic rings. The lowest BCUT2D eigenvalue weighted by Gasteiger charge is -2.25. The highest BCUT2D eigenvalue weighted by Gasteiger charge is 2.18. The number of morpholine rings is 1. The molecule has 0 radical (unpaired) electrons. The van der Waals surface area contributed by atoms with Gasteiger partial charge in [-0.1, -0.05) is 23.1 Å². The van der Waals surface area contributed by atoms with Crippen molar-refractivity contribution >= 4 is 39.2 Å². The molecule has 1 aliphatic heterocycles. The van der Waals surface area contributed by atoms with Crippen LogP contribution >= 0.6 is 23.1 Å². The molecule has 0 unspecified atom stereocenters. The van der Waals surface area contributed by atoms with Crippen LogP contribution in [0.25, 0.3) is 11.0 Å². The van der Waals surface area contributed by atoms with Crippen LogP contribution in [-0.4, -0.2) is 36.5 Å². The highest BCUT2D eigenvalue weighted by Crippen LogP contribution is 2.33. The number of rotatable bonds is 4. The van der Waals surface area contributed by atoms with E-state index in [1.54, 1.807) is 29.2 Å². The fraction of sp³-hybridized carbons (Fsp3) is 0.421. The molecule has 27 heavy (non-hydrogen) atoms. The molecule has 6 nitrogen and oxygen atoms in total. The van der Waals surface area contributed by atoms with E-state index in [-0.39, 0.29) is 5.63 Å². The molecule has 0 N–H and O–H groups in total. The smallest absolute Gasteiger partial charge is 0.336 e. The normalized spacial score (nSPS) is 16.8. The molecule has 1 aliphatic carbocycles. The summed E-state index contributed by atoms with van der Waals surface area (Å²) in [6.07, 6.45) is 3.36. The fourth-order valence-corrected chi connectivity index (χ4v) is 5.58. The van der Waals surface area contributed by atoms with Crippen molar-refractivity contribution < 1.29 is 9.15 Å². The van der Waals surface area contributed by atoms with Gasteiger partial charge in [-0.3, -0.25) is 0 Å². The molecule has 8 heteroatoms. The van der Waals surface area contributed by atoms with Crippen LogP contribution < -0.4 is 10.5 Å². The predicted molar refractivity (Wildman–Crippen MR) is 107 cm³/mol. The van der Waals surface area contributed by atoms with Gasteiger partial charge in [0.15, 0.2) is 4.34 Å². The fourth-order valence-electron chi connectivity index (χ4n) is 3.70. The van der Waals surface area contributed by atoms with E-state index in [0.717, 1.165) is 59.6 Å². The van der Waals surface area contributed by atoms with Crippen molar-refractivity contribution in [3.63, 3.8) is 0 Å². The van der Waals surface area contributed by atoms with Crippen molar-refractivity contribution in [2.75, 3.05) is 31.2 Å². The van der Waals surface area contributed by atoms with Crippen molar-refractivity contribution in [2.24, 2.45) is 0 Å². The molecule has 0 saturated carbocycles. The maximum absolute atomic E-state index is 12.0. The number of hydrogen-bond donors (Lipinski definition) is 0. The van der Waals surface area contributed by atoms with Gasteiger partial charge >= 0.3 is 5.63 Å². The Balaban J connectivity index is 1.38. The molecule has 1 fully saturated rings. The number of thioether (sulfide) groups is 1. The second-order valence-electron chi connectivity index (χ2n) is 6.80. The molecule has 3 aromatic rings. The van der Waals surface area contributed by atoms with E-state index in [1.165, 1.54) is 17.5 Å². The maximum Gasteiger partial charge on any atom is 0.336 e. The summed E-state index contributed by atoms with van der Waals surface area (Å²) in [5.41, 5.74) is 4.11. The van der Waals surface area contributed by atoms with Crippen LogP contribution in [0.1, 0.15) is 23.1 Å². The SMILES string of the molecule is O=c1cc(CSc2nnc(N3CCOCC3)s2)c2cc3c(cc2o1)CCC3. The highest BCUT2D eigenvalue weighted by atomic mass is 32.2. The lowest BCUT2D eigenvalue weighted by molar-refractivity contribution is 0.122. The number of benzene rings is 1. The number of anilines is 1. The second-order valence-corrected chi connectivity index (χ2v) is 8.98. The summed E-state index contributed by atoms with van der Waals surface area (Å²) < 4.78 is 11.8. The van der Waals surface area contributed by atoms with Gasteiger partial charge in [-0.2, -0.15) is 0 Å². The van der Waals surface area contributed by atoms with Gasteiger partial charge in [-0.25, -0.2) is 4.79 Å². The van der Waals surface area contributed by atoms with Crippen molar-refractivity contribution in [1.82, 2.24) is 10.2 Å². The third kappa shape index (κ3) is 3.49. The zero-order valence-electron chi connectivity index (χ0n) is 14.8. The Bertz CT molecular complexity index is 1040. The van der Waals surface area contributed by atoms with E-state index in [0.29, 0.717) is 11.3 Å². The Morgan fingerprint density at radius 2 is 1.93 bits per heavy atom. The third-order valence-corrected chi connectivity index (χ3v) is 7.24. The van der Waals surface area contributed by atoms with Gasteiger partial charge in [0.25, 0.3) is 0 Å². The molecule has 0 spiro atoms. The summed E-state index contributed by atoms with van der Waals surface area (Å²) >= 11 is 3.22. The molecule has 140 valence electrons. The summed E-state index contributed by atoms with van der Waals surface area (Å²) in [4.78, 5) is 14.2. The van der Waals surface area contributed by atoms with Crippen LogP contribution in [0, 0.1) is 0 Å². The lowest BCUT2D eigenvalue weighted by atomic mass is 10.0. The molecule has 1 aromatic carbocycles. The van der Waals surface area contributed by atoms with Crippen molar-refractivity contribution in [3.05, 3.63) is 45.3 Å². The summed E-state index contributed by atoms with van der Waals surface area (Å²) in [6.45, 7) is 3.18. The van der Waals surface area contributed by atoms with Crippen LogP contribution in [0.4, 0.5) is 5.13 Å². The van der Waals surface area contributed by atoms with Gasteiger partial charge in [0, 0.05) is 30.3 Å². The molecule has 5 rings (SSSR count). The average molecular weight is 402 g/mol. The van der Waals surface area contributed by atoms with Crippen molar-refractivity contribution in [2.45, 2.75) is 29.4 Å². The Labute approximate surface area is 164 Å². The van der Waals surface area contributed by atoms with E-state index < -0.39 is 0 Å². The highest BCUT2D eigenvalue weighted by molar-refractivity contribution is 8.00. The van der Waals surface area contributed by atoms with Gasteiger partial charge in [0.05, 0.1) is 13.2 Å². The molecular weight excluding hydrogens is 382 g/mol. The van der Waals surface area contributed by atoms with Gasteiger partial charge in [-0.15, -0.1) is 10.2 Å². The number of nitrogens with zero attached hydrogens (tertiary/aromatic N) is 3. The first-order chi connectivity index (χ1) is 13.3. The zero-order chi connectivity index (χ0) is 18.2. The Hall–Kier alpha value is -1.90. The lowest BCUT2D eigenvalue weighted by Crippen LogP contribution is -2.36. The number of fused-ring (bicyclic) bond motifs is 2. The van der Waals surface area contributed by atoms with E-state index >= 15 is 0 Å². The Kier molecular flexibility index (Phi) is 4.63. The summed E-state index contributed by atoms with van der Waals surface area (Å²) in [7, 11) is 0. The first-order valence-electron chi connectivity index (χ1n) is 9.14. The quantitative estimate of drug-likeness (QED) is 0.491. The van der Waals surface area contributed by atoms with Gasteiger partial charge < -0.3 is 14.1 Å². The van der Waals surface area contributed by atoms with Crippen LogP contribution in [0.5, 0.6) is 0 Å². The molecule has 0 bridgehead atoms. The standard InChI is InChI=1S/C19H19N3O3S2/c23-17-10-14(15-8-12-2-1-3-13(12)9-16(15)25-17)11-26-19-21-20-18(27-19)22-4-6-24-7-5-22/h8-10H,1-7,11H2. The minimum absolute atomic E-state index is 0.290. The van der Waals surface area contributed by atoms with E-state index in [4.69, 9.17) is 9.15 Å². The Morgan fingerprint density at radius 3 is 2.78 bits per heavy atom. The molecule has 1 saturated heterocycles. The Morgan fingerprint density at radius 1 is 1.11 bits per heavy atom. The molecule has 0 atom stereocenters. The first kappa shape index (κ1) is 17.2. The minimum Gasteiger partial charge on any atom is -0.423 e.